The number of carbonyl (C=O) groups is 1. The van der Waals surface area contributed by atoms with E-state index in [1.807, 2.05) is 45.0 Å². The van der Waals surface area contributed by atoms with Crippen LogP contribution in [0.5, 0.6) is 0 Å². The summed E-state index contributed by atoms with van der Waals surface area (Å²) in [6.07, 6.45) is 0.171. The number of aromatic nitrogens is 2. The first kappa shape index (κ1) is 21.6. The fourth-order valence-electron chi connectivity index (χ4n) is 2.29. The van der Waals surface area contributed by atoms with Gasteiger partial charge in [-0.3, -0.25) is 0 Å². The Morgan fingerprint density at radius 1 is 1.26 bits per heavy atom. The van der Waals surface area contributed by atoms with Crippen LogP contribution < -0.4 is 5.32 Å². The minimum atomic E-state index is -0.569. The number of ether oxygens (including phenoxy) is 1. The van der Waals surface area contributed by atoms with Gasteiger partial charge in [0.2, 0.25) is 5.89 Å². The Bertz CT molecular complexity index is 741. The van der Waals surface area contributed by atoms with Crippen molar-refractivity contribution in [3.63, 3.8) is 0 Å². The Labute approximate surface area is 169 Å². The van der Waals surface area contributed by atoms with E-state index in [2.05, 4.69) is 29.4 Å². The van der Waals surface area contributed by atoms with Gasteiger partial charge in [-0.2, -0.15) is 0 Å². The summed E-state index contributed by atoms with van der Waals surface area (Å²) in [6.45, 7) is 9.60. The molecule has 0 saturated carbocycles. The van der Waals surface area contributed by atoms with Crippen molar-refractivity contribution in [3.05, 3.63) is 40.7 Å². The summed E-state index contributed by atoms with van der Waals surface area (Å²) in [6, 6.07) is 7.22. The fourth-order valence-corrected chi connectivity index (χ4v) is 3.14. The van der Waals surface area contributed by atoms with Crippen molar-refractivity contribution < 1.29 is 13.9 Å². The van der Waals surface area contributed by atoms with Crippen LogP contribution in [-0.4, -0.2) is 21.9 Å². The molecule has 1 N–H and O–H groups in total. The molecule has 1 aromatic carbocycles. The maximum absolute atomic E-state index is 12.1. The van der Waals surface area contributed by atoms with Gasteiger partial charge in [-0.05, 0) is 50.8 Å². The molecule has 1 aromatic heterocycles. The molecule has 8 heteroatoms. The first-order valence-corrected chi connectivity index (χ1v) is 10.2. The second-order valence-electron chi connectivity index (χ2n) is 7.65. The highest BCUT2D eigenvalue weighted by atomic mass is 35.5. The highest BCUT2D eigenvalue weighted by molar-refractivity contribution is 7.98. The SMILES string of the molecule is CC(C)C[C@H](NC(=O)OC(C)(C)C)c1nnc(SCc2ccc(Cl)cc2)o1. The van der Waals surface area contributed by atoms with Gasteiger partial charge in [0.25, 0.3) is 5.22 Å². The minimum Gasteiger partial charge on any atom is -0.444 e. The van der Waals surface area contributed by atoms with Gasteiger partial charge < -0.3 is 14.5 Å². The summed E-state index contributed by atoms with van der Waals surface area (Å²) in [5, 5.41) is 12.2. The number of halogens is 1. The monoisotopic (exact) mass is 411 g/mol. The number of carbonyl (C=O) groups excluding carboxylic acids is 1. The summed E-state index contributed by atoms with van der Waals surface area (Å²) >= 11 is 7.34. The van der Waals surface area contributed by atoms with E-state index in [1.54, 1.807) is 0 Å². The molecule has 148 valence electrons. The topological polar surface area (TPSA) is 77.2 Å². The third-order valence-electron chi connectivity index (χ3n) is 3.39. The van der Waals surface area contributed by atoms with Crippen LogP contribution in [0.3, 0.4) is 0 Å². The van der Waals surface area contributed by atoms with Crippen LogP contribution in [0.4, 0.5) is 4.79 Å². The van der Waals surface area contributed by atoms with Crippen LogP contribution in [0.2, 0.25) is 5.02 Å². The standard InChI is InChI=1S/C19H26ClN3O3S/c1-12(2)10-15(21-17(24)26-19(3,4)5)16-22-23-18(25-16)27-11-13-6-8-14(20)9-7-13/h6-9,12,15H,10-11H2,1-5H3,(H,21,24)/t15-/m0/s1. The number of alkyl carbamates (subject to hydrolysis) is 1. The van der Waals surface area contributed by atoms with E-state index >= 15 is 0 Å². The Kier molecular flexibility index (Phi) is 7.56. The van der Waals surface area contributed by atoms with Gasteiger partial charge >= 0.3 is 6.09 Å². The second-order valence-corrected chi connectivity index (χ2v) is 9.01. The van der Waals surface area contributed by atoms with Crippen LogP contribution in [0.15, 0.2) is 33.9 Å². The van der Waals surface area contributed by atoms with Gasteiger partial charge in [-0.25, -0.2) is 4.79 Å². The van der Waals surface area contributed by atoms with Crippen molar-refractivity contribution in [2.24, 2.45) is 5.92 Å². The quantitative estimate of drug-likeness (QED) is 0.595. The second kappa shape index (κ2) is 9.46. The van der Waals surface area contributed by atoms with Gasteiger partial charge in [0.15, 0.2) is 0 Å². The normalized spacial score (nSPS) is 12.9. The molecule has 1 atom stereocenters. The summed E-state index contributed by atoms with van der Waals surface area (Å²) in [5.41, 5.74) is 0.538. The Morgan fingerprint density at radius 3 is 2.52 bits per heavy atom. The van der Waals surface area contributed by atoms with Gasteiger partial charge in [0.1, 0.15) is 11.6 Å². The summed E-state index contributed by atoms with van der Waals surface area (Å²) in [7, 11) is 0. The molecular formula is C19H26ClN3O3S. The van der Waals surface area contributed by atoms with E-state index in [0.717, 1.165) is 5.56 Å². The molecule has 0 aliphatic rings. The largest absolute Gasteiger partial charge is 0.444 e. The van der Waals surface area contributed by atoms with E-state index in [-0.39, 0.29) is 0 Å². The number of thioether (sulfide) groups is 1. The van der Waals surface area contributed by atoms with Crippen LogP contribution in [0.25, 0.3) is 0 Å². The zero-order valence-corrected chi connectivity index (χ0v) is 17.9. The van der Waals surface area contributed by atoms with Gasteiger partial charge in [-0.15, -0.1) is 10.2 Å². The highest BCUT2D eigenvalue weighted by Gasteiger charge is 2.25. The molecular weight excluding hydrogens is 386 g/mol. The van der Waals surface area contributed by atoms with Crippen molar-refractivity contribution in [2.75, 3.05) is 0 Å². The molecule has 0 radical (unpaired) electrons. The highest BCUT2D eigenvalue weighted by Crippen LogP contribution is 2.27. The molecule has 0 aliphatic heterocycles. The van der Waals surface area contributed by atoms with Gasteiger partial charge in [-0.1, -0.05) is 49.3 Å². The zero-order chi connectivity index (χ0) is 20.0. The molecule has 0 unspecified atom stereocenters. The third kappa shape index (κ3) is 7.81. The average molecular weight is 412 g/mol. The molecule has 2 rings (SSSR count). The molecule has 1 amide bonds. The molecule has 27 heavy (non-hydrogen) atoms. The van der Waals surface area contributed by atoms with Gasteiger partial charge in [0, 0.05) is 10.8 Å². The fraction of sp³-hybridized carbons (Fsp3) is 0.526. The molecule has 2 aromatic rings. The van der Waals surface area contributed by atoms with E-state index in [0.29, 0.717) is 34.2 Å². The van der Waals surface area contributed by atoms with Crippen molar-refractivity contribution >= 4 is 29.5 Å². The molecule has 0 saturated heterocycles. The predicted octanol–water partition coefficient (Wildman–Crippen LogP) is 5.63. The zero-order valence-electron chi connectivity index (χ0n) is 16.3. The van der Waals surface area contributed by atoms with E-state index in [4.69, 9.17) is 20.8 Å². The summed E-state index contributed by atoms with van der Waals surface area (Å²) in [4.78, 5) is 12.1. The van der Waals surface area contributed by atoms with Gasteiger partial charge in [0.05, 0.1) is 0 Å². The molecule has 0 bridgehead atoms. The number of rotatable bonds is 7. The number of nitrogens with one attached hydrogen (secondary N) is 1. The van der Waals surface area contributed by atoms with Crippen molar-refractivity contribution in [1.29, 1.82) is 0 Å². The Morgan fingerprint density at radius 2 is 1.93 bits per heavy atom. The summed E-state index contributed by atoms with van der Waals surface area (Å²) in [5.74, 6) is 1.41. The summed E-state index contributed by atoms with van der Waals surface area (Å²) < 4.78 is 11.1. The number of hydrogen-bond donors (Lipinski definition) is 1. The first-order valence-electron chi connectivity index (χ1n) is 8.82. The number of amides is 1. The van der Waals surface area contributed by atoms with Crippen LogP contribution >= 0.6 is 23.4 Å². The molecule has 6 nitrogen and oxygen atoms in total. The van der Waals surface area contributed by atoms with Crippen LogP contribution in [0.1, 0.15) is 58.5 Å². The van der Waals surface area contributed by atoms with E-state index < -0.39 is 17.7 Å². The number of hydrogen-bond acceptors (Lipinski definition) is 6. The Balaban J connectivity index is 2.01. The number of nitrogens with zero attached hydrogens (tertiary/aromatic N) is 2. The van der Waals surface area contributed by atoms with Crippen molar-refractivity contribution in [1.82, 2.24) is 15.5 Å². The maximum Gasteiger partial charge on any atom is 0.408 e. The predicted molar refractivity (Wildman–Crippen MR) is 107 cm³/mol. The minimum absolute atomic E-state index is 0.335. The van der Waals surface area contributed by atoms with Crippen molar-refractivity contribution in [3.8, 4) is 0 Å². The van der Waals surface area contributed by atoms with Crippen molar-refractivity contribution in [2.45, 2.75) is 63.7 Å². The Hall–Kier alpha value is -1.73. The lowest BCUT2D eigenvalue weighted by Gasteiger charge is -2.22. The average Bonchev–Trinajstić information content (AvgIpc) is 3.00. The lowest BCUT2D eigenvalue weighted by molar-refractivity contribution is 0.0487. The van der Waals surface area contributed by atoms with Crippen LogP contribution in [-0.2, 0) is 10.5 Å². The maximum atomic E-state index is 12.1. The smallest absolute Gasteiger partial charge is 0.408 e. The molecule has 0 spiro atoms. The lowest BCUT2D eigenvalue weighted by atomic mass is 10.0. The third-order valence-corrected chi connectivity index (χ3v) is 4.54. The molecule has 0 fully saturated rings. The molecule has 0 aliphatic carbocycles. The number of benzene rings is 1. The first-order chi connectivity index (χ1) is 12.6. The van der Waals surface area contributed by atoms with E-state index in [1.165, 1.54) is 11.8 Å². The lowest BCUT2D eigenvalue weighted by Crippen LogP contribution is -2.35. The molecule has 1 heterocycles. The van der Waals surface area contributed by atoms with Crippen LogP contribution in [0, 0.1) is 5.92 Å². The van der Waals surface area contributed by atoms with E-state index in [9.17, 15) is 4.79 Å².